The molecule has 2 atom stereocenters. The molecule has 10 heavy (non-hydrogen) atoms. The minimum atomic E-state index is -0.149. The molecule has 0 heterocycles. The molecule has 0 saturated carbocycles. The molecule has 0 saturated heterocycles. The lowest BCUT2D eigenvalue weighted by atomic mass is 10.6. The maximum atomic E-state index is 10.3. The van der Waals surface area contributed by atoms with Crippen LogP contribution in [-0.4, -0.2) is 27.2 Å². The summed E-state index contributed by atoms with van der Waals surface area (Å²) in [4.78, 5) is 0. The van der Waals surface area contributed by atoms with Crippen molar-refractivity contribution in [1.82, 2.24) is 11.0 Å². The molecule has 4 N–H and O–H groups in total. The van der Waals surface area contributed by atoms with E-state index in [-0.39, 0.29) is 10.2 Å². The van der Waals surface area contributed by atoms with E-state index in [1.807, 2.05) is 0 Å². The molecule has 6 nitrogen and oxygen atoms in total. The average Bonchev–Trinajstić information content (AvgIpc) is 1.79. The molecule has 62 valence electrons. The predicted molar refractivity (Wildman–Crippen MR) is 36.5 cm³/mol. The highest BCUT2D eigenvalue weighted by atomic mass is 16.5. The number of likely N-dealkylation sites (N-methyl/N-ethyl adjacent to an activating group) is 1. The Morgan fingerprint density at radius 2 is 1.90 bits per heavy atom. The van der Waals surface area contributed by atoms with E-state index in [0.717, 1.165) is 0 Å². The second-order valence-electron chi connectivity index (χ2n) is 2.06. The summed E-state index contributed by atoms with van der Waals surface area (Å²) in [7, 11) is 2.91. The standard InChI is InChI=1S/C4H14N4O2/c1-7(9)4-3-5-6-8(2)10/h5-8H,3-4H2,1-2H3. The van der Waals surface area contributed by atoms with Gasteiger partial charge in [-0.2, -0.15) is 0 Å². The van der Waals surface area contributed by atoms with Crippen molar-refractivity contribution in [3.63, 3.8) is 0 Å². The van der Waals surface area contributed by atoms with Gasteiger partial charge in [0, 0.05) is 0 Å². The zero-order valence-electron chi connectivity index (χ0n) is 6.23. The van der Waals surface area contributed by atoms with Crippen LogP contribution >= 0.6 is 0 Å². The Bertz CT molecular complexity index is 67.7. The van der Waals surface area contributed by atoms with Crippen LogP contribution in [0.15, 0.2) is 0 Å². The van der Waals surface area contributed by atoms with Gasteiger partial charge >= 0.3 is 0 Å². The third kappa shape index (κ3) is 7.76. The number of nitrogens with one attached hydrogen (secondary N) is 4. The van der Waals surface area contributed by atoms with Crippen LogP contribution in [0, 0.1) is 10.4 Å². The van der Waals surface area contributed by atoms with Crippen LogP contribution in [0.4, 0.5) is 0 Å². The molecule has 6 heteroatoms. The summed E-state index contributed by atoms with van der Waals surface area (Å²) in [6, 6.07) is 0. The molecule has 0 radical (unpaired) electrons. The lowest BCUT2D eigenvalue weighted by Gasteiger charge is -2.19. The Morgan fingerprint density at radius 1 is 1.30 bits per heavy atom. The van der Waals surface area contributed by atoms with Crippen molar-refractivity contribution in [1.29, 1.82) is 0 Å². The largest absolute Gasteiger partial charge is 0.634 e. The Morgan fingerprint density at radius 3 is 2.30 bits per heavy atom. The Hall–Kier alpha value is -0.240. The quantitative estimate of drug-likeness (QED) is 0.238. The van der Waals surface area contributed by atoms with Gasteiger partial charge in [0.25, 0.3) is 0 Å². The fraction of sp³-hybridized carbons (Fsp3) is 1.00. The highest BCUT2D eigenvalue weighted by molar-refractivity contribution is 4.29. The van der Waals surface area contributed by atoms with Crippen molar-refractivity contribution in [3.8, 4) is 0 Å². The zero-order chi connectivity index (χ0) is 7.98. The topological polar surface area (TPSA) is 79.1 Å². The smallest absolute Gasteiger partial charge is 0.0908 e. The normalized spacial score (nSPS) is 16.8. The van der Waals surface area contributed by atoms with E-state index in [2.05, 4.69) is 11.0 Å². The highest BCUT2D eigenvalue weighted by Crippen LogP contribution is 1.40. The molecule has 0 aliphatic carbocycles. The first-order valence-corrected chi connectivity index (χ1v) is 3.12. The summed E-state index contributed by atoms with van der Waals surface area (Å²) in [5.74, 6) is 0. The summed E-state index contributed by atoms with van der Waals surface area (Å²) in [6.07, 6.45) is 0. The van der Waals surface area contributed by atoms with Crippen molar-refractivity contribution in [2.24, 2.45) is 0 Å². The molecule has 0 aliphatic rings. The molecule has 0 aliphatic heterocycles. The third-order valence-corrected chi connectivity index (χ3v) is 0.866. The molecule has 0 rings (SSSR count). The summed E-state index contributed by atoms with van der Waals surface area (Å²) in [5, 5.41) is 20.5. The van der Waals surface area contributed by atoms with Gasteiger partial charge in [0.05, 0.1) is 27.2 Å². The van der Waals surface area contributed by atoms with Gasteiger partial charge in [-0.15, -0.1) is 5.53 Å². The van der Waals surface area contributed by atoms with E-state index < -0.39 is 0 Å². The third-order valence-electron chi connectivity index (χ3n) is 0.866. The number of hydrogen-bond donors (Lipinski definition) is 4. The van der Waals surface area contributed by atoms with Crippen molar-refractivity contribution < 1.29 is 10.2 Å². The minimum absolute atomic E-state index is 0.109. The SMILES string of the molecule is C[NH+]([O-])CCNN[NH+](C)[O-]. The number of hydrogen-bond acceptors (Lipinski definition) is 4. The number of quaternary nitrogens is 2. The van der Waals surface area contributed by atoms with Crippen molar-refractivity contribution >= 4 is 0 Å². The van der Waals surface area contributed by atoms with Gasteiger partial charge in [-0.3, -0.25) is 5.17 Å². The summed E-state index contributed by atoms with van der Waals surface area (Å²) >= 11 is 0. The number of hydrazine groups is 1. The Kier molecular flexibility index (Phi) is 5.40. The molecule has 0 aromatic rings. The van der Waals surface area contributed by atoms with Gasteiger partial charge < -0.3 is 15.5 Å². The lowest BCUT2D eigenvalue weighted by Crippen LogP contribution is -3.13. The van der Waals surface area contributed by atoms with Crippen LogP contribution < -0.4 is 21.2 Å². The van der Waals surface area contributed by atoms with Crippen LogP contribution in [0.1, 0.15) is 0 Å². The lowest BCUT2D eigenvalue weighted by molar-refractivity contribution is -0.883. The fourth-order valence-corrected chi connectivity index (χ4v) is 0.426. The molecule has 0 aromatic carbocycles. The molecular weight excluding hydrogens is 136 g/mol. The van der Waals surface area contributed by atoms with Gasteiger partial charge in [0.1, 0.15) is 0 Å². The van der Waals surface area contributed by atoms with Gasteiger partial charge in [-0.1, -0.05) is 0 Å². The first-order valence-electron chi connectivity index (χ1n) is 3.12. The maximum Gasteiger partial charge on any atom is 0.0908 e. The van der Waals surface area contributed by atoms with Crippen molar-refractivity contribution in [2.45, 2.75) is 0 Å². The van der Waals surface area contributed by atoms with E-state index in [4.69, 9.17) is 0 Å². The second-order valence-corrected chi connectivity index (χ2v) is 2.06. The van der Waals surface area contributed by atoms with Gasteiger partial charge in [-0.05, 0) is 0 Å². The van der Waals surface area contributed by atoms with E-state index >= 15 is 0 Å². The van der Waals surface area contributed by atoms with Crippen LogP contribution in [0.2, 0.25) is 0 Å². The van der Waals surface area contributed by atoms with Gasteiger partial charge in [0.2, 0.25) is 0 Å². The average molecular weight is 150 g/mol. The van der Waals surface area contributed by atoms with E-state index in [9.17, 15) is 10.4 Å². The summed E-state index contributed by atoms with van der Waals surface area (Å²) < 4.78 is 0. The zero-order valence-corrected chi connectivity index (χ0v) is 6.23. The number of hydroxylamine groups is 3. The van der Waals surface area contributed by atoms with Gasteiger partial charge in [-0.25, -0.2) is 5.43 Å². The van der Waals surface area contributed by atoms with Gasteiger partial charge in [0.15, 0.2) is 0 Å². The monoisotopic (exact) mass is 150 g/mol. The molecule has 0 aromatic heterocycles. The van der Waals surface area contributed by atoms with E-state index in [1.54, 1.807) is 0 Å². The predicted octanol–water partition coefficient (Wildman–Crippen LogP) is -3.98. The molecule has 2 unspecified atom stereocenters. The Balaban J connectivity index is 2.91. The van der Waals surface area contributed by atoms with Crippen molar-refractivity contribution in [2.75, 3.05) is 27.2 Å². The fourth-order valence-electron chi connectivity index (χ4n) is 0.426. The minimum Gasteiger partial charge on any atom is -0.634 e. The molecular formula is C4H14N4O2. The highest BCUT2D eigenvalue weighted by Gasteiger charge is 1.88. The second kappa shape index (κ2) is 5.54. The molecule has 0 fully saturated rings. The van der Waals surface area contributed by atoms with E-state index in [1.165, 1.54) is 14.1 Å². The first kappa shape index (κ1) is 9.76. The maximum absolute atomic E-state index is 10.3. The van der Waals surface area contributed by atoms with Crippen molar-refractivity contribution in [3.05, 3.63) is 10.4 Å². The molecule has 0 bridgehead atoms. The van der Waals surface area contributed by atoms with Crippen LogP contribution in [0.5, 0.6) is 0 Å². The van der Waals surface area contributed by atoms with Crippen LogP contribution in [0.3, 0.4) is 0 Å². The number of rotatable bonds is 5. The summed E-state index contributed by atoms with van der Waals surface area (Å²) in [5.41, 5.74) is 4.96. The van der Waals surface area contributed by atoms with E-state index in [0.29, 0.717) is 13.1 Å². The first-order chi connectivity index (χ1) is 4.63. The van der Waals surface area contributed by atoms with Crippen LogP contribution in [-0.2, 0) is 0 Å². The Labute approximate surface area is 59.9 Å². The van der Waals surface area contributed by atoms with Crippen LogP contribution in [0.25, 0.3) is 0 Å². The summed E-state index contributed by atoms with van der Waals surface area (Å²) in [6.45, 7) is 0.940. The molecule has 0 spiro atoms. The molecule has 0 amide bonds.